The van der Waals surface area contributed by atoms with Gasteiger partial charge in [-0.2, -0.15) is 5.26 Å². The number of pyridine rings is 1. The minimum absolute atomic E-state index is 0.00882. The van der Waals surface area contributed by atoms with Crippen LogP contribution in [-0.2, 0) is 4.74 Å². The summed E-state index contributed by atoms with van der Waals surface area (Å²) >= 11 is 3.27. The Kier molecular flexibility index (Phi) is 3.75. The molecule has 1 aromatic heterocycles. The summed E-state index contributed by atoms with van der Waals surface area (Å²) < 4.78 is 11.7. The van der Waals surface area contributed by atoms with Gasteiger partial charge in [-0.25, -0.2) is 4.98 Å². The van der Waals surface area contributed by atoms with Crippen molar-refractivity contribution in [1.29, 1.82) is 5.26 Å². The van der Waals surface area contributed by atoms with Crippen LogP contribution in [0.5, 0.6) is 5.88 Å². The van der Waals surface area contributed by atoms with Gasteiger partial charge in [0.2, 0.25) is 5.88 Å². The Hall–Kier alpha value is -1.12. The standard InChI is InChI=1S/C11H11BrN2O2/c12-9-4-8(5-13)11(14-6-9)16-10-2-1-3-15-7-10/h4,6,10H,1-3,7H2/t10-/m0/s1. The van der Waals surface area contributed by atoms with Crippen LogP contribution in [0.25, 0.3) is 0 Å². The van der Waals surface area contributed by atoms with E-state index in [0.29, 0.717) is 18.1 Å². The first-order valence-electron chi connectivity index (χ1n) is 5.09. The van der Waals surface area contributed by atoms with Crippen LogP contribution in [0.15, 0.2) is 16.7 Å². The predicted molar refractivity (Wildman–Crippen MR) is 61.1 cm³/mol. The van der Waals surface area contributed by atoms with Gasteiger partial charge in [0.1, 0.15) is 17.7 Å². The van der Waals surface area contributed by atoms with Gasteiger partial charge < -0.3 is 9.47 Å². The highest BCUT2D eigenvalue weighted by atomic mass is 79.9. The molecule has 5 heteroatoms. The molecule has 0 aromatic carbocycles. The Morgan fingerprint density at radius 2 is 2.50 bits per heavy atom. The highest BCUT2D eigenvalue weighted by Gasteiger charge is 2.17. The summed E-state index contributed by atoms with van der Waals surface area (Å²) in [5.41, 5.74) is 0.444. The first kappa shape index (κ1) is 11.4. The number of ether oxygens (including phenoxy) is 2. The summed E-state index contributed by atoms with van der Waals surface area (Å²) in [6.07, 6.45) is 3.57. The second-order valence-corrected chi connectivity index (χ2v) is 4.49. The van der Waals surface area contributed by atoms with Crippen LogP contribution in [0.2, 0.25) is 0 Å². The van der Waals surface area contributed by atoms with E-state index in [0.717, 1.165) is 23.9 Å². The van der Waals surface area contributed by atoms with Crippen LogP contribution < -0.4 is 4.74 Å². The maximum Gasteiger partial charge on any atom is 0.232 e. The summed E-state index contributed by atoms with van der Waals surface area (Å²) in [5.74, 6) is 0.390. The molecule has 84 valence electrons. The molecule has 2 heterocycles. The zero-order valence-corrected chi connectivity index (χ0v) is 10.2. The van der Waals surface area contributed by atoms with Gasteiger partial charge in [0.25, 0.3) is 0 Å². The molecule has 0 spiro atoms. The zero-order chi connectivity index (χ0) is 11.4. The molecule has 1 saturated heterocycles. The smallest absolute Gasteiger partial charge is 0.232 e. The molecule has 1 fully saturated rings. The van der Waals surface area contributed by atoms with Crippen molar-refractivity contribution < 1.29 is 9.47 Å². The molecule has 0 unspecified atom stereocenters. The highest BCUT2D eigenvalue weighted by molar-refractivity contribution is 9.10. The third-order valence-corrected chi connectivity index (χ3v) is 2.77. The quantitative estimate of drug-likeness (QED) is 0.835. The van der Waals surface area contributed by atoms with E-state index in [-0.39, 0.29) is 6.10 Å². The van der Waals surface area contributed by atoms with Crippen LogP contribution in [0.1, 0.15) is 18.4 Å². The Balaban J connectivity index is 2.11. The maximum atomic E-state index is 8.95. The fraction of sp³-hybridized carbons (Fsp3) is 0.455. The summed E-state index contributed by atoms with van der Waals surface area (Å²) in [6.45, 7) is 1.36. The van der Waals surface area contributed by atoms with Crippen molar-refractivity contribution in [3.63, 3.8) is 0 Å². The Morgan fingerprint density at radius 1 is 1.62 bits per heavy atom. The lowest BCUT2D eigenvalue weighted by Crippen LogP contribution is -2.28. The number of nitriles is 1. The molecule has 1 atom stereocenters. The van der Waals surface area contributed by atoms with E-state index < -0.39 is 0 Å². The van der Waals surface area contributed by atoms with Crippen molar-refractivity contribution in [2.75, 3.05) is 13.2 Å². The third kappa shape index (κ3) is 2.71. The van der Waals surface area contributed by atoms with Crippen molar-refractivity contribution in [1.82, 2.24) is 4.98 Å². The first-order chi connectivity index (χ1) is 7.79. The summed E-state index contributed by atoms with van der Waals surface area (Å²) in [7, 11) is 0. The lowest BCUT2D eigenvalue weighted by atomic mass is 10.2. The highest BCUT2D eigenvalue weighted by Crippen LogP contribution is 2.22. The van der Waals surface area contributed by atoms with Crippen molar-refractivity contribution in [3.8, 4) is 11.9 Å². The van der Waals surface area contributed by atoms with Gasteiger partial charge in [-0.3, -0.25) is 0 Å². The maximum absolute atomic E-state index is 8.95. The van der Waals surface area contributed by atoms with Crippen molar-refractivity contribution in [2.45, 2.75) is 18.9 Å². The summed E-state index contributed by atoms with van der Waals surface area (Å²) in [4.78, 5) is 4.10. The normalized spacial score (nSPS) is 20.1. The van der Waals surface area contributed by atoms with E-state index in [4.69, 9.17) is 14.7 Å². The van der Waals surface area contributed by atoms with Crippen molar-refractivity contribution >= 4 is 15.9 Å². The molecule has 0 aliphatic carbocycles. The van der Waals surface area contributed by atoms with Crippen LogP contribution in [0.3, 0.4) is 0 Å². The molecule has 1 aliphatic rings. The second kappa shape index (κ2) is 5.28. The SMILES string of the molecule is N#Cc1cc(Br)cnc1O[C@H]1CCCOC1. The van der Waals surface area contributed by atoms with Gasteiger partial charge in [0.15, 0.2) is 0 Å². The molecule has 0 radical (unpaired) electrons. The molecule has 4 nitrogen and oxygen atoms in total. The molecule has 0 bridgehead atoms. The van der Waals surface area contributed by atoms with E-state index in [1.807, 2.05) is 0 Å². The number of hydrogen-bond acceptors (Lipinski definition) is 4. The molecular weight excluding hydrogens is 272 g/mol. The van der Waals surface area contributed by atoms with E-state index >= 15 is 0 Å². The number of aromatic nitrogens is 1. The van der Waals surface area contributed by atoms with E-state index in [1.54, 1.807) is 12.3 Å². The van der Waals surface area contributed by atoms with E-state index in [9.17, 15) is 0 Å². The largest absolute Gasteiger partial charge is 0.471 e. The van der Waals surface area contributed by atoms with E-state index in [2.05, 4.69) is 27.0 Å². The Labute approximate surface area is 102 Å². The van der Waals surface area contributed by atoms with E-state index in [1.165, 1.54) is 0 Å². The Bertz CT molecular complexity index is 411. The fourth-order valence-corrected chi connectivity index (χ4v) is 1.89. The minimum Gasteiger partial charge on any atom is -0.471 e. The number of halogens is 1. The molecule has 0 N–H and O–H groups in total. The topological polar surface area (TPSA) is 55.1 Å². The lowest BCUT2D eigenvalue weighted by molar-refractivity contribution is 0.00536. The van der Waals surface area contributed by atoms with Crippen molar-refractivity contribution in [3.05, 3.63) is 22.3 Å². The monoisotopic (exact) mass is 282 g/mol. The lowest BCUT2D eigenvalue weighted by Gasteiger charge is -2.22. The first-order valence-corrected chi connectivity index (χ1v) is 5.89. The second-order valence-electron chi connectivity index (χ2n) is 3.58. The van der Waals surface area contributed by atoms with Crippen LogP contribution in [0.4, 0.5) is 0 Å². The third-order valence-electron chi connectivity index (χ3n) is 2.34. The zero-order valence-electron chi connectivity index (χ0n) is 8.65. The predicted octanol–water partition coefficient (Wildman–Crippen LogP) is 2.27. The van der Waals surface area contributed by atoms with Gasteiger partial charge >= 0.3 is 0 Å². The van der Waals surface area contributed by atoms with Gasteiger partial charge in [-0.15, -0.1) is 0 Å². The molecule has 1 aliphatic heterocycles. The molecule has 16 heavy (non-hydrogen) atoms. The summed E-state index contributed by atoms with van der Waals surface area (Å²) in [6, 6.07) is 3.77. The molecule has 1 aromatic rings. The molecule has 0 amide bonds. The molecular formula is C11H11BrN2O2. The van der Waals surface area contributed by atoms with Crippen molar-refractivity contribution in [2.24, 2.45) is 0 Å². The molecule has 0 saturated carbocycles. The van der Waals surface area contributed by atoms with Gasteiger partial charge in [0, 0.05) is 17.3 Å². The van der Waals surface area contributed by atoms with Crippen LogP contribution >= 0.6 is 15.9 Å². The van der Waals surface area contributed by atoms with Crippen LogP contribution in [-0.4, -0.2) is 24.3 Å². The number of hydrogen-bond donors (Lipinski definition) is 0. The van der Waals surface area contributed by atoms with Gasteiger partial charge in [0.05, 0.1) is 6.61 Å². The Morgan fingerprint density at radius 3 is 3.19 bits per heavy atom. The average Bonchev–Trinajstić information content (AvgIpc) is 2.33. The fourth-order valence-electron chi connectivity index (χ4n) is 1.56. The minimum atomic E-state index is 0.00882. The van der Waals surface area contributed by atoms with Gasteiger partial charge in [-0.05, 0) is 34.8 Å². The van der Waals surface area contributed by atoms with Crippen LogP contribution in [0, 0.1) is 11.3 Å². The molecule has 2 rings (SSSR count). The number of nitrogens with zero attached hydrogens (tertiary/aromatic N) is 2. The van der Waals surface area contributed by atoms with Gasteiger partial charge in [-0.1, -0.05) is 0 Å². The number of rotatable bonds is 2. The average molecular weight is 283 g/mol. The summed E-state index contributed by atoms with van der Waals surface area (Å²) in [5, 5.41) is 8.95.